The van der Waals surface area contributed by atoms with Gasteiger partial charge in [-0.05, 0) is 32.3 Å². The lowest BCUT2D eigenvalue weighted by molar-refractivity contribution is 0.0595. The summed E-state index contributed by atoms with van der Waals surface area (Å²) < 4.78 is 12.9. The van der Waals surface area contributed by atoms with Crippen LogP contribution in [0.3, 0.4) is 0 Å². The Bertz CT molecular complexity index is 720. The van der Waals surface area contributed by atoms with Crippen LogP contribution in [0, 0.1) is 0 Å². The number of fused-ring (bicyclic) bond motifs is 1. The van der Waals surface area contributed by atoms with Gasteiger partial charge in [-0.2, -0.15) is 5.10 Å². The summed E-state index contributed by atoms with van der Waals surface area (Å²) in [6, 6.07) is 1.77. The molecule has 6 nitrogen and oxygen atoms in total. The zero-order chi connectivity index (χ0) is 16.5. The smallest absolute Gasteiger partial charge is 0.257 e. The van der Waals surface area contributed by atoms with Crippen LogP contribution in [0.5, 0.6) is 0 Å². The van der Waals surface area contributed by atoms with Crippen molar-refractivity contribution in [3.63, 3.8) is 0 Å². The van der Waals surface area contributed by atoms with Gasteiger partial charge in [0.25, 0.3) is 5.91 Å². The summed E-state index contributed by atoms with van der Waals surface area (Å²) in [5.74, 6) is 0.0324. The van der Waals surface area contributed by atoms with Crippen LogP contribution in [0.25, 0.3) is 0 Å². The summed E-state index contributed by atoms with van der Waals surface area (Å²) >= 11 is 0. The van der Waals surface area contributed by atoms with Crippen molar-refractivity contribution in [2.24, 2.45) is 0 Å². The van der Waals surface area contributed by atoms with Crippen molar-refractivity contribution in [3.05, 3.63) is 41.1 Å². The van der Waals surface area contributed by atoms with Crippen molar-refractivity contribution in [1.82, 2.24) is 14.7 Å². The molecule has 0 spiro atoms. The molecule has 0 N–H and O–H groups in total. The Kier molecular flexibility index (Phi) is 4.14. The minimum Gasteiger partial charge on any atom is -0.472 e. The quantitative estimate of drug-likeness (QED) is 0.869. The van der Waals surface area contributed by atoms with Crippen LogP contribution in [0.15, 0.2) is 23.0 Å². The zero-order valence-electron chi connectivity index (χ0n) is 14.0. The molecule has 2 aliphatic rings. The van der Waals surface area contributed by atoms with Gasteiger partial charge >= 0.3 is 0 Å². The van der Waals surface area contributed by atoms with E-state index in [-0.39, 0.29) is 11.9 Å². The van der Waals surface area contributed by atoms with Crippen molar-refractivity contribution in [1.29, 1.82) is 0 Å². The van der Waals surface area contributed by atoms with Gasteiger partial charge in [0.1, 0.15) is 6.26 Å². The number of furan rings is 1. The van der Waals surface area contributed by atoms with E-state index in [1.807, 2.05) is 4.90 Å². The van der Waals surface area contributed by atoms with Crippen LogP contribution < -0.4 is 0 Å². The van der Waals surface area contributed by atoms with E-state index in [0.29, 0.717) is 12.2 Å². The molecule has 0 bridgehead atoms. The number of hydrogen-bond donors (Lipinski definition) is 0. The van der Waals surface area contributed by atoms with E-state index < -0.39 is 0 Å². The number of piperidine rings is 1. The third kappa shape index (κ3) is 2.55. The fraction of sp³-hybridized carbons (Fsp3) is 0.556. The second-order valence-corrected chi connectivity index (χ2v) is 6.45. The van der Waals surface area contributed by atoms with Crippen LogP contribution in [0.1, 0.15) is 59.5 Å². The Morgan fingerprint density at radius 1 is 1.42 bits per heavy atom. The highest BCUT2D eigenvalue weighted by Gasteiger charge is 2.34. The maximum atomic E-state index is 12.9. The Hall–Kier alpha value is -2.08. The van der Waals surface area contributed by atoms with Crippen LogP contribution in [-0.2, 0) is 24.3 Å². The number of carbonyl (C=O) groups excluding carboxylic acids is 1. The van der Waals surface area contributed by atoms with Gasteiger partial charge in [0.15, 0.2) is 0 Å². The molecular formula is C18H23N3O3. The molecule has 4 rings (SSSR count). The summed E-state index contributed by atoms with van der Waals surface area (Å²) in [6.45, 7) is 5.09. The number of ether oxygens (including phenoxy) is 1. The molecule has 0 aliphatic carbocycles. The first-order chi connectivity index (χ1) is 11.8. The second-order valence-electron chi connectivity index (χ2n) is 6.45. The third-order valence-electron chi connectivity index (χ3n) is 5.07. The van der Waals surface area contributed by atoms with Gasteiger partial charge in [-0.3, -0.25) is 9.48 Å². The molecule has 1 atom stereocenters. The first-order valence-corrected chi connectivity index (χ1v) is 8.79. The maximum Gasteiger partial charge on any atom is 0.257 e. The lowest BCUT2D eigenvalue weighted by Gasteiger charge is -2.35. The normalized spacial score (nSPS) is 20.9. The molecule has 1 amide bonds. The molecule has 24 heavy (non-hydrogen) atoms. The van der Waals surface area contributed by atoms with Crippen LogP contribution in [0.4, 0.5) is 0 Å². The molecule has 0 saturated carbocycles. The van der Waals surface area contributed by atoms with Gasteiger partial charge in [0, 0.05) is 30.8 Å². The highest BCUT2D eigenvalue weighted by atomic mass is 16.5. The van der Waals surface area contributed by atoms with E-state index in [1.54, 1.807) is 12.3 Å². The van der Waals surface area contributed by atoms with Crippen molar-refractivity contribution in [3.8, 4) is 0 Å². The molecule has 6 heteroatoms. The van der Waals surface area contributed by atoms with E-state index in [2.05, 4.69) is 11.6 Å². The number of hydrogen-bond acceptors (Lipinski definition) is 4. The number of likely N-dealkylation sites (tertiary alicyclic amines) is 1. The average Bonchev–Trinajstić information content (AvgIpc) is 3.29. The minimum absolute atomic E-state index is 0.0319. The van der Waals surface area contributed by atoms with Gasteiger partial charge in [-0.25, -0.2) is 0 Å². The van der Waals surface area contributed by atoms with Gasteiger partial charge < -0.3 is 14.1 Å². The van der Waals surface area contributed by atoms with Gasteiger partial charge in [0.05, 0.1) is 36.8 Å². The summed E-state index contributed by atoms with van der Waals surface area (Å²) in [6.07, 6.45) is 7.09. The Morgan fingerprint density at radius 2 is 2.33 bits per heavy atom. The van der Waals surface area contributed by atoms with Gasteiger partial charge in [0.2, 0.25) is 0 Å². The van der Waals surface area contributed by atoms with Crippen molar-refractivity contribution in [2.45, 2.75) is 51.8 Å². The van der Waals surface area contributed by atoms with E-state index in [0.717, 1.165) is 51.1 Å². The Balaban J connectivity index is 1.71. The van der Waals surface area contributed by atoms with E-state index in [9.17, 15) is 4.79 Å². The number of rotatable bonds is 3. The molecule has 0 radical (unpaired) electrons. The molecule has 1 unspecified atom stereocenters. The molecule has 1 saturated heterocycles. The lowest BCUT2D eigenvalue weighted by atomic mass is 9.95. The molecule has 2 aromatic heterocycles. The number of amides is 1. The lowest BCUT2D eigenvalue weighted by Crippen LogP contribution is -2.39. The minimum atomic E-state index is 0.0319. The molecule has 1 fully saturated rings. The van der Waals surface area contributed by atoms with Crippen LogP contribution in [0.2, 0.25) is 0 Å². The fourth-order valence-electron chi connectivity index (χ4n) is 3.87. The summed E-state index contributed by atoms with van der Waals surface area (Å²) in [5, 5.41) is 4.87. The highest BCUT2D eigenvalue weighted by Crippen LogP contribution is 2.35. The third-order valence-corrected chi connectivity index (χ3v) is 5.07. The largest absolute Gasteiger partial charge is 0.472 e. The number of nitrogens with zero attached hydrogens (tertiary/aromatic N) is 3. The van der Waals surface area contributed by atoms with Gasteiger partial charge in [-0.1, -0.05) is 0 Å². The highest BCUT2D eigenvalue weighted by molar-refractivity contribution is 5.94. The Morgan fingerprint density at radius 3 is 3.12 bits per heavy atom. The summed E-state index contributed by atoms with van der Waals surface area (Å²) in [5.41, 5.74) is 4.12. The second kappa shape index (κ2) is 6.43. The van der Waals surface area contributed by atoms with Crippen LogP contribution >= 0.6 is 0 Å². The summed E-state index contributed by atoms with van der Waals surface area (Å²) in [4.78, 5) is 14.9. The monoisotopic (exact) mass is 329 g/mol. The standard InChI is InChI=1S/C18H23N3O3/c1-2-21-15-7-10-24-12-14(15)17(19-21)16-5-3-4-8-20(16)18(22)13-6-9-23-11-13/h6,9,11,16H,2-5,7-8,10,12H2,1H3. The first-order valence-electron chi connectivity index (χ1n) is 8.79. The van der Waals surface area contributed by atoms with E-state index in [1.165, 1.54) is 17.5 Å². The van der Waals surface area contributed by atoms with E-state index in [4.69, 9.17) is 14.3 Å². The molecule has 0 aromatic carbocycles. The number of aryl methyl sites for hydroxylation is 1. The zero-order valence-corrected chi connectivity index (χ0v) is 14.0. The SMILES string of the molecule is CCn1nc(C2CCCCN2C(=O)c2ccoc2)c2c1CCOC2. The predicted octanol–water partition coefficient (Wildman–Crippen LogP) is 2.94. The fourth-order valence-corrected chi connectivity index (χ4v) is 3.87. The predicted molar refractivity (Wildman–Crippen MR) is 87.6 cm³/mol. The number of aromatic nitrogens is 2. The van der Waals surface area contributed by atoms with Crippen LogP contribution in [-0.4, -0.2) is 33.7 Å². The molecule has 4 heterocycles. The molecule has 2 aliphatic heterocycles. The Labute approximate surface area is 141 Å². The molecule has 2 aromatic rings. The van der Waals surface area contributed by atoms with Crippen molar-refractivity contribution in [2.75, 3.05) is 13.2 Å². The molecule has 128 valence electrons. The van der Waals surface area contributed by atoms with Crippen molar-refractivity contribution < 1.29 is 13.9 Å². The number of carbonyl (C=O) groups is 1. The summed E-state index contributed by atoms with van der Waals surface area (Å²) in [7, 11) is 0. The van der Waals surface area contributed by atoms with Gasteiger partial charge in [-0.15, -0.1) is 0 Å². The molecular weight excluding hydrogens is 306 g/mol. The van der Waals surface area contributed by atoms with Crippen molar-refractivity contribution >= 4 is 5.91 Å². The first kappa shape index (κ1) is 15.4. The maximum absolute atomic E-state index is 12.9. The topological polar surface area (TPSA) is 60.5 Å². The van der Waals surface area contributed by atoms with E-state index >= 15 is 0 Å². The average molecular weight is 329 g/mol.